The SMILES string of the molecule is CN(C)CC(NC(=O)CCN)c1ccccc1. The van der Waals surface area contributed by atoms with E-state index in [0.717, 1.165) is 12.1 Å². The van der Waals surface area contributed by atoms with Gasteiger partial charge < -0.3 is 16.0 Å². The van der Waals surface area contributed by atoms with Crippen molar-refractivity contribution >= 4 is 5.91 Å². The molecule has 1 rings (SSSR count). The van der Waals surface area contributed by atoms with Gasteiger partial charge >= 0.3 is 0 Å². The Balaban J connectivity index is 2.70. The normalized spacial score (nSPS) is 12.5. The van der Waals surface area contributed by atoms with Gasteiger partial charge in [0.1, 0.15) is 0 Å². The van der Waals surface area contributed by atoms with Gasteiger partial charge in [0, 0.05) is 19.5 Å². The van der Waals surface area contributed by atoms with Crippen LogP contribution in [0.3, 0.4) is 0 Å². The zero-order valence-corrected chi connectivity index (χ0v) is 10.5. The fourth-order valence-corrected chi connectivity index (χ4v) is 1.68. The monoisotopic (exact) mass is 235 g/mol. The van der Waals surface area contributed by atoms with Gasteiger partial charge in [-0.25, -0.2) is 0 Å². The maximum absolute atomic E-state index is 11.6. The fraction of sp³-hybridized carbons (Fsp3) is 0.462. The standard InChI is InChI=1S/C13H21N3O/c1-16(2)10-12(15-13(17)8-9-14)11-6-4-3-5-7-11/h3-7,12H,8-10,14H2,1-2H3,(H,15,17). The van der Waals surface area contributed by atoms with Crippen LogP contribution in [0.4, 0.5) is 0 Å². The Kier molecular flexibility index (Phi) is 5.66. The van der Waals surface area contributed by atoms with Crippen LogP contribution in [-0.4, -0.2) is 38.0 Å². The minimum absolute atomic E-state index is 0.00297. The first-order valence-electron chi connectivity index (χ1n) is 5.82. The van der Waals surface area contributed by atoms with Gasteiger partial charge in [-0.05, 0) is 19.7 Å². The molecule has 3 N–H and O–H groups in total. The maximum atomic E-state index is 11.6. The lowest BCUT2D eigenvalue weighted by Gasteiger charge is -2.22. The van der Waals surface area contributed by atoms with E-state index in [2.05, 4.69) is 10.2 Å². The number of nitrogens with two attached hydrogens (primary N) is 1. The quantitative estimate of drug-likeness (QED) is 0.765. The number of rotatable bonds is 6. The van der Waals surface area contributed by atoms with E-state index >= 15 is 0 Å². The third-order valence-electron chi connectivity index (χ3n) is 2.46. The smallest absolute Gasteiger partial charge is 0.221 e. The highest BCUT2D eigenvalue weighted by atomic mass is 16.1. The first kappa shape index (κ1) is 13.7. The predicted octanol–water partition coefficient (Wildman–Crippen LogP) is 0.754. The molecule has 0 fully saturated rings. The van der Waals surface area contributed by atoms with Gasteiger partial charge in [-0.15, -0.1) is 0 Å². The van der Waals surface area contributed by atoms with Gasteiger partial charge in [0.2, 0.25) is 5.91 Å². The first-order chi connectivity index (χ1) is 8.13. The third kappa shape index (κ3) is 4.97. The second kappa shape index (κ2) is 7.04. The van der Waals surface area contributed by atoms with E-state index in [1.54, 1.807) is 0 Å². The van der Waals surface area contributed by atoms with Crippen LogP contribution in [0, 0.1) is 0 Å². The van der Waals surface area contributed by atoms with E-state index < -0.39 is 0 Å². The summed E-state index contributed by atoms with van der Waals surface area (Å²) in [5, 5.41) is 3.00. The van der Waals surface area contributed by atoms with E-state index in [1.165, 1.54) is 0 Å². The fourth-order valence-electron chi connectivity index (χ4n) is 1.68. The Morgan fingerprint density at radius 2 is 2.00 bits per heavy atom. The minimum Gasteiger partial charge on any atom is -0.348 e. The molecule has 0 saturated carbocycles. The topological polar surface area (TPSA) is 58.4 Å². The summed E-state index contributed by atoms with van der Waals surface area (Å²) in [5.74, 6) is 0.00297. The Hall–Kier alpha value is -1.39. The zero-order valence-electron chi connectivity index (χ0n) is 10.5. The lowest BCUT2D eigenvalue weighted by atomic mass is 10.1. The number of benzene rings is 1. The van der Waals surface area contributed by atoms with Crippen LogP contribution in [0.1, 0.15) is 18.0 Å². The van der Waals surface area contributed by atoms with Crippen molar-refractivity contribution in [3.8, 4) is 0 Å². The highest BCUT2D eigenvalue weighted by Gasteiger charge is 2.14. The molecule has 0 bridgehead atoms. The zero-order chi connectivity index (χ0) is 12.7. The summed E-state index contributed by atoms with van der Waals surface area (Å²) in [6, 6.07) is 10.00. The van der Waals surface area contributed by atoms with Crippen LogP contribution in [0.2, 0.25) is 0 Å². The number of carbonyl (C=O) groups is 1. The lowest BCUT2D eigenvalue weighted by molar-refractivity contribution is -0.121. The van der Waals surface area contributed by atoms with Gasteiger partial charge in [0.25, 0.3) is 0 Å². The number of carbonyl (C=O) groups excluding carboxylic acids is 1. The molecule has 1 unspecified atom stereocenters. The van der Waals surface area contributed by atoms with E-state index in [1.807, 2.05) is 44.4 Å². The molecule has 1 atom stereocenters. The minimum atomic E-state index is 0.00297. The van der Waals surface area contributed by atoms with Crippen molar-refractivity contribution in [2.45, 2.75) is 12.5 Å². The largest absolute Gasteiger partial charge is 0.348 e. The second-order valence-corrected chi connectivity index (χ2v) is 4.33. The molecule has 0 spiro atoms. The molecule has 4 heteroatoms. The molecular weight excluding hydrogens is 214 g/mol. The number of hydrogen-bond donors (Lipinski definition) is 2. The lowest BCUT2D eigenvalue weighted by Crippen LogP contribution is -2.36. The van der Waals surface area contributed by atoms with Crippen molar-refractivity contribution in [1.82, 2.24) is 10.2 Å². The summed E-state index contributed by atoms with van der Waals surface area (Å²) in [6.45, 7) is 1.16. The molecule has 4 nitrogen and oxygen atoms in total. The van der Waals surface area contributed by atoms with Crippen molar-refractivity contribution in [3.05, 3.63) is 35.9 Å². The molecule has 94 valence electrons. The molecule has 1 amide bonds. The molecule has 0 heterocycles. The van der Waals surface area contributed by atoms with Crippen LogP contribution >= 0.6 is 0 Å². The number of hydrogen-bond acceptors (Lipinski definition) is 3. The van der Waals surface area contributed by atoms with Crippen molar-refractivity contribution < 1.29 is 4.79 Å². The maximum Gasteiger partial charge on any atom is 0.221 e. The Morgan fingerprint density at radius 3 is 2.53 bits per heavy atom. The molecule has 0 aliphatic carbocycles. The number of likely N-dealkylation sites (N-methyl/N-ethyl adjacent to an activating group) is 1. The van der Waals surface area contributed by atoms with Crippen LogP contribution in [-0.2, 0) is 4.79 Å². The van der Waals surface area contributed by atoms with Crippen LogP contribution in [0.15, 0.2) is 30.3 Å². The van der Waals surface area contributed by atoms with Gasteiger partial charge in [-0.1, -0.05) is 30.3 Å². The molecule has 1 aromatic carbocycles. The van der Waals surface area contributed by atoms with Crippen LogP contribution < -0.4 is 11.1 Å². The van der Waals surface area contributed by atoms with E-state index in [9.17, 15) is 4.79 Å². The molecule has 0 aromatic heterocycles. The molecule has 1 aromatic rings. The summed E-state index contributed by atoms with van der Waals surface area (Å²) in [4.78, 5) is 13.7. The highest BCUT2D eigenvalue weighted by molar-refractivity contribution is 5.76. The van der Waals surface area contributed by atoms with Crippen molar-refractivity contribution in [2.75, 3.05) is 27.2 Å². The Bertz CT molecular complexity index is 338. The Morgan fingerprint density at radius 1 is 1.35 bits per heavy atom. The Labute approximate surface area is 103 Å². The summed E-state index contributed by atoms with van der Waals surface area (Å²) < 4.78 is 0. The predicted molar refractivity (Wildman–Crippen MR) is 69.6 cm³/mol. The number of nitrogens with one attached hydrogen (secondary N) is 1. The molecular formula is C13H21N3O. The van der Waals surface area contributed by atoms with E-state index in [0.29, 0.717) is 13.0 Å². The molecule has 0 aliphatic rings. The third-order valence-corrected chi connectivity index (χ3v) is 2.46. The van der Waals surface area contributed by atoms with Crippen LogP contribution in [0.5, 0.6) is 0 Å². The van der Waals surface area contributed by atoms with Crippen molar-refractivity contribution in [1.29, 1.82) is 0 Å². The number of nitrogens with zero attached hydrogens (tertiary/aromatic N) is 1. The van der Waals surface area contributed by atoms with Gasteiger partial charge in [0.15, 0.2) is 0 Å². The van der Waals surface area contributed by atoms with Crippen molar-refractivity contribution in [2.24, 2.45) is 5.73 Å². The van der Waals surface area contributed by atoms with Crippen LogP contribution in [0.25, 0.3) is 0 Å². The summed E-state index contributed by atoms with van der Waals surface area (Å²) in [7, 11) is 3.98. The summed E-state index contributed by atoms with van der Waals surface area (Å²) in [6.07, 6.45) is 0.372. The average molecular weight is 235 g/mol. The molecule has 0 aliphatic heterocycles. The summed E-state index contributed by atoms with van der Waals surface area (Å²) >= 11 is 0. The highest BCUT2D eigenvalue weighted by Crippen LogP contribution is 2.13. The molecule has 0 radical (unpaired) electrons. The molecule has 17 heavy (non-hydrogen) atoms. The first-order valence-corrected chi connectivity index (χ1v) is 5.82. The molecule has 0 saturated heterocycles. The summed E-state index contributed by atoms with van der Waals surface area (Å²) in [5.41, 5.74) is 6.49. The van der Waals surface area contributed by atoms with E-state index in [-0.39, 0.29) is 11.9 Å². The second-order valence-electron chi connectivity index (χ2n) is 4.33. The van der Waals surface area contributed by atoms with Gasteiger partial charge in [-0.2, -0.15) is 0 Å². The van der Waals surface area contributed by atoms with Gasteiger partial charge in [-0.3, -0.25) is 4.79 Å². The van der Waals surface area contributed by atoms with Gasteiger partial charge in [0.05, 0.1) is 6.04 Å². The van der Waals surface area contributed by atoms with Crippen molar-refractivity contribution in [3.63, 3.8) is 0 Å². The van der Waals surface area contributed by atoms with E-state index in [4.69, 9.17) is 5.73 Å². The number of amides is 1. The average Bonchev–Trinajstić information content (AvgIpc) is 2.29.